The highest BCUT2D eigenvalue weighted by Crippen LogP contribution is 2.15. The van der Waals surface area contributed by atoms with Crippen LogP contribution < -0.4 is 10.6 Å². The molecule has 0 spiro atoms. The first-order chi connectivity index (χ1) is 14.8. The van der Waals surface area contributed by atoms with Crippen molar-refractivity contribution in [3.63, 3.8) is 0 Å². The van der Waals surface area contributed by atoms with E-state index in [0.29, 0.717) is 37.2 Å². The maximum Gasteiger partial charge on any atom is 0.270 e. The molecule has 1 aliphatic rings. The number of hydrogen-bond donors (Lipinski definition) is 2. The molecule has 2 heterocycles. The number of amides is 3. The first kappa shape index (κ1) is 22.4. The van der Waals surface area contributed by atoms with Gasteiger partial charge in [0.2, 0.25) is 5.91 Å². The molecule has 1 atom stereocenters. The van der Waals surface area contributed by atoms with Crippen LogP contribution in [0.2, 0.25) is 0 Å². The van der Waals surface area contributed by atoms with Gasteiger partial charge in [0.15, 0.2) is 0 Å². The first-order valence-electron chi connectivity index (χ1n) is 10.4. The number of likely N-dealkylation sites (tertiary alicyclic amines) is 1. The molecule has 0 bridgehead atoms. The summed E-state index contributed by atoms with van der Waals surface area (Å²) in [5, 5.41) is 5.75. The lowest BCUT2D eigenvalue weighted by Gasteiger charge is -2.35. The molecule has 1 fully saturated rings. The fourth-order valence-corrected chi connectivity index (χ4v) is 3.54. The minimum absolute atomic E-state index is 0.0372. The molecule has 0 aliphatic carbocycles. The molecule has 0 saturated carbocycles. The number of piperidine rings is 1. The van der Waals surface area contributed by atoms with E-state index >= 15 is 0 Å². The van der Waals surface area contributed by atoms with Gasteiger partial charge in [0.25, 0.3) is 11.8 Å². The second-order valence-electron chi connectivity index (χ2n) is 7.99. The van der Waals surface area contributed by atoms with Gasteiger partial charge in [0.1, 0.15) is 17.6 Å². The van der Waals surface area contributed by atoms with E-state index in [1.54, 1.807) is 29.3 Å². The summed E-state index contributed by atoms with van der Waals surface area (Å²) in [6.45, 7) is 4.71. The fourth-order valence-electron chi connectivity index (χ4n) is 3.54. The Morgan fingerprint density at radius 3 is 2.29 bits per heavy atom. The Balaban J connectivity index is 1.55. The van der Waals surface area contributed by atoms with Crippen molar-refractivity contribution in [1.29, 1.82) is 0 Å². The third kappa shape index (κ3) is 5.87. The van der Waals surface area contributed by atoms with Crippen LogP contribution in [0.1, 0.15) is 47.5 Å². The van der Waals surface area contributed by atoms with Gasteiger partial charge < -0.3 is 15.5 Å². The molecule has 31 heavy (non-hydrogen) atoms. The lowest BCUT2D eigenvalue weighted by atomic mass is 9.99. The van der Waals surface area contributed by atoms with Gasteiger partial charge in [0, 0.05) is 30.9 Å². The number of halogens is 1. The Bertz CT molecular complexity index is 910. The lowest BCUT2D eigenvalue weighted by molar-refractivity contribution is -0.135. The van der Waals surface area contributed by atoms with Crippen molar-refractivity contribution in [2.75, 3.05) is 13.1 Å². The van der Waals surface area contributed by atoms with E-state index in [2.05, 4.69) is 15.6 Å². The maximum atomic E-state index is 13.1. The molecule has 7 nitrogen and oxygen atoms in total. The molecule has 3 amide bonds. The highest BCUT2D eigenvalue weighted by atomic mass is 19.1. The van der Waals surface area contributed by atoms with E-state index in [9.17, 15) is 18.8 Å². The number of benzene rings is 1. The molecule has 0 unspecified atom stereocenters. The van der Waals surface area contributed by atoms with Gasteiger partial charge in [-0.2, -0.15) is 0 Å². The quantitative estimate of drug-likeness (QED) is 0.742. The van der Waals surface area contributed by atoms with Crippen LogP contribution >= 0.6 is 0 Å². The first-order valence-corrected chi connectivity index (χ1v) is 10.4. The van der Waals surface area contributed by atoms with Crippen LogP contribution in [0.25, 0.3) is 0 Å². The smallest absolute Gasteiger partial charge is 0.270 e. The summed E-state index contributed by atoms with van der Waals surface area (Å²) in [7, 11) is 0. The monoisotopic (exact) mass is 426 g/mol. The highest BCUT2D eigenvalue weighted by Gasteiger charge is 2.32. The standard InChI is InChI=1S/C23H27FN4O3/c1-15(2)20(27-21(29)16-6-8-17(24)9-7-16)23(31)28-13-10-18(11-14-28)26-22(30)19-5-3-4-12-25-19/h3-9,12,15,18,20H,10-11,13-14H2,1-2H3,(H,26,30)(H,27,29)/t20-/m0/s1. The van der Waals surface area contributed by atoms with Crippen molar-refractivity contribution in [3.8, 4) is 0 Å². The molecule has 1 aromatic carbocycles. The van der Waals surface area contributed by atoms with E-state index in [4.69, 9.17) is 0 Å². The molecule has 1 aliphatic heterocycles. The third-order valence-electron chi connectivity index (χ3n) is 5.37. The predicted octanol–water partition coefficient (Wildman–Crippen LogP) is 2.40. The van der Waals surface area contributed by atoms with Crippen molar-refractivity contribution in [2.24, 2.45) is 5.92 Å². The number of nitrogens with zero attached hydrogens (tertiary/aromatic N) is 2. The zero-order valence-electron chi connectivity index (χ0n) is 17.7. The van der Waals surface area contributed by atoms with Crippen molar-refractivity contribution in [1.82, 2.24) is 20.5 Å². The van der Waals surface area contributed by atoms with Gasteiger partial charge in [-0.15, -0.1) is 0 Å². The number of hydrogen-bond acceptors (Lipinski definition) is 4. The zero-order chi connectivity index (χ0) is 22.4. The Labute approximate surface area is 181 Å². The number of aromatic nitrogens is 1. The minimum Gasteiger partial charge on any atom is -0.348 e. The van der Waals surface area contributed by atoms with Crippen molar-refractivity contribution in [3.05, 3.63) is 65.7 Å². The number of rotatable bonds is 6. The van der Waals surface area contributed by atoms with Crippen molar-refractivity contribution in [2.45, 2.75) is 38.8 Å². The second kappa shape index (κ2) is 10.1. The summed E-state index contributed by atoms with van der Waals surface area (Å²) in [6.07, 6.45) is 2.82. The minimum atomic E-state index is -0.683. The average molecular weight is 426 g/mol. The number of nitrogens with one attached hydrogen (secondary N) is 2. The van der Waals surface area contributed by atoms with E-state index in [-0.39, 0.29) is 23.8 Å². The Morgan fingerprint density at radius 1 is 1.03 bits per heavy atom. The Morgan fingerprint density at radius 2 is 1.71 bits per heavy atom. The molecule has 2 N–H and O–H groups in total. The van der Waals surface area contributed by atoms with Crippen LogP contribution in [0.4, 0.5) is 4.39 Å². The van der Waals surface area contributed by atoms with Crippen LogP contribution in [-0.2, 0) is 4.79 Å². The molecule has 164 valence electrons. The second-order valence-corrected chi connectivity index (χ2v) is 7.99. The molecule has 2 aromatic rings. The van der Waals surface area contributed by atoms with E-state index in [0.717, 1.165) is 0 Å². The number of carbonyl (C=O) groups is 3. The van der Waals surface area contributed by atoms with Gasteiger partial charge in [-0.3, -0.25) is 19.4 Å². The molecule has 1 saturated heterocycles. The summed E-state index contributed by atoms with van der Waals surface area (Å²) >= 11 is 0. The van der Waals surface area contributed by atoms with Crippen LogP contribution in [0.5, 0.6) is 0 Å². The van der Waals surface area contributed by atoms with Gasteiger partial charge in [-0.1, -0.05) is 19.9 Å². The molecule has 0 radical (unpaired) electrons. The Kier molecular flexibility index (Phi) is 7.33. The summed E-state index contributed by atoms with van der Waals surface area (Å²) in [5.74, 6) is -1.33. The third-order valence-corrected chi connectivity index (χ3v) is 5.37. The highest BCUT2D eigenvalue weighted by molar-refractivity contribution is 5.97. The van der Waals surface area contributed by atoms with E-state index in [1.807, 2.05) is 13.8 Å². The Hall–Kier alpha value is -3.29. The van der Waals surface area contributed by atoms with Crippen LogP contribution in [0, 0.1) is 11.7 Å². The topological polar surface area (TPSA) is 91.4 Å². The molecular weight excluding hydrogens is 399 g/mol. The molecule has 8 heteroatoms. The average Bonchev–Trinajstić information content (AvgIpc) is 2.78. The van der Waals surface area contributed by atoms with Crippen LogP contribution in [0.15, 0.2) is 48.7 Å². The number of pyridine rings is 1. The summed E-state index contributed by atoms with van der Waals surface area (Å²) in [6, 6.07) is 9.66. The molecule has 1 aromatic heterocycles. The van der Waals surface area contributed by atoms with E-state index < -0.39 is 17.8 Å². The maximum absolute atomic E-state index is 13.1. The SMILES string of the molecule is CC(C)[C@H](NC(=O)c1ccc(F)cc1)C(=O)N1CCC(NC(=O)c2ccccn2)CC1. The van der Waals surface area contributed by atoms with Gasteiger partial charge in [-0.25, -0.2) is 4.39 Å². The molecule has 3 rings (SSSR count). The molecular formula is C23H27FN4O3. The zero-order valence-corrected chi connectivity index (χ0v) is 17.7. The predicted molar refractivity (Wildman–Crippen MR) is 114 cm³/mol. The lowest BCUT2D eigenvalue weighted by Crippen LogP contribution is -2.54. The van der Waals surface area contributed by atoms with E-state index in [1.165, 1.54) is 24.3 Å². The van der Waals surface area contributed by atoms with Gasteiger partial charge in [0.05, 0.1) is 0 Å². The summed E-state index contributed by atoms with van der Waals surface area (Å²) in [5.41, 5.74) is 0.667. The van der Waals surface area contributed by atoms with Crippen LogP contribution in [-0.4, -0.2) is 52.8 Å². The van der Waals surface area contributed by atoms with Crippen molar-refractivity contribution < 1.29 is 18.8 Å². The van der Waals surface area contributed by atoms with Gasteiger partial charge in [-0.05, 0) is 55.2 Å². The summed E-state index contributed by atoms with van der Waals surface area (Å²) in [4.78, 5) is 43.6. The van der Waals surface area contributed by atoms with Crippen molar-refractivity contribution >= 4 is 17.7 Å². The largest absolute Gasteiger partial charge is 0.348 e. The van der Waals surface area contributed by atoms with Crippen LogP contribution in [0.3, 0.4) is 0 Å². The normalized spacial score (nSPS) is 15.4. The fraction of sp³-hybridized carbons (Fsp3) is 0.391. The number of carbonyl (C=O) groups excluding carboxylic acids is 3. The summed E-state index contributed by atoms with van der Waals surface area (Å²) < 4.78 is 13.1. The van der Waals surface area contributed by atoms with Gasteiger partial charge >= 0.3 is 0 Å².